The number of hydrogen-bond donors (Lipinski definition) is 1. The van der Waals surface area contributed by atoms with E-state index >= 15 is 0 Å². The standard InChI is InChI=1S/C15H14N4O2/c1-15(12-6-4-11(10-17)5-7-12)13(20)19(14(21)18-15)9-3-2-8-16/h4-7H,2-3,9H2,1H3,(H,18,21). The Morgan fingerprint density at radius 2 is 1.90 bits per heavy atom. The van der Waals surface area contributed by atoms with Crippen molar-refractivity contribution in [2.75, 3.05) is 6.54 Å². The van der Waals surface area contributed by atoms with Crippen molar-refractivity contribution in [3.05, 3.63) is 35.4 Å². The van der Waals surface area contributed by atoms with Gasteiger partial charge in [0.1, 0.15) is 5.54 Å². The molecule has 1 aliphatic rings. The van der Waals surface area contributed by atoms with Gasteiger partial charge in [-0.1, -0.05) is 12.1 Å². The van der Waals surface area contributed by atoms with Crippen molar-refractivity contribution in [3.8, 4) is 12.1 Å². The molecule has 0 spiro atoms. The van der Waals surface area contributed by atoms with Crippen LogP contribution in [-0.2, 0) is 10.3 Å². The van der Waals surface area contributed by atoms with E-state index in [4.69, 9.17) is 10.5 Å². The van der Waals surface area contributed by atoms with Crippen molar-refractivity contribution in [1.82, 2.24) is 10.2 Å². The molecule has 1 fully saturated rings. The van der Waals surface area contributed by atoms with Crippen molar-refractivity contribution in [2.24, 2.45) is 0 Å². The third-order valence-corrected chi connectivity index (χ3v) is 3.54. The molecular weight excluding hydrogens is 268 g/mol. The summed E-state index contributed by atoms with van der Waals surface area (Å²) in [6.45, 7) is 1.86. The number of carbonyl (C=O) groups excluding carboxylic acids is 2. The molecule has 1 heterocycles. The third-order valence-electron chi connectivity index (χ3n) is 3.54. The second kappa shape index (κ2) is 5.64. The van der Waals surface area contributed by atoms with Crippen LogP contribution in [0.25, 0.3) is 0 Å². The fourth-order valence-electron chi connectivity index (χ4n) is 2.29. The van der Waals surface area contributed by atoms with E-state index in [2.05, 4.69) is 5.32 Å². The minimum atomic E-state index is -1.13. The lowest BCUT2D eigenvalue weighted by atomic mass is 9.91. The Labute approximate surface area is 122 Å². The molecule has 1 aromatic rings. The lowest BCUT2D eigenvalue weighted by Gasteiger charge is -2.22. The molecule has 0 saturated carbocycles. The van der Waals surface area contributed by atoms with Gasteiger partial charge in [0.15, 0.2) is 0 Å². The molecule has 1 N–H and O–H groups in total. The molecule has 6 nitrogen and oxygen atoms in total. The highest BCUT2D eigenvalue weighted by Crippen LogP contribution is 2.29. The zero-order valence-corrected chi connectivity index (χ0v) is 11.6. The Morgan fingerprint density at radius 1 is 1.24 bits per heavy atom. The topological polar surface area (TPSA) is 97.0 Å². The molecule has 1 aromatic carbocycles. The number of nitriles is 2. The highest BCUT2D eigenvalue weighted by molar-refractivity contribution is 6.07. The second-order valence-corrected chi connectivity index (χ2v) is 4.96. The van der Waals surface area contributed by atoms with Crippen LogP contribution >= 0.6 is 0 Å². The van der Waals surface area contributed by atoms with Crippen molar-refractivity contribution in [3.63, 3.8) is 0 Å². The average Bonchev–Trinajstić information content (AvgIpc) is 2.71. The first-order chi connectivity index (χ1) is 10.0. The Bertz CT molecular complexity index is 654. The number of benzene rings is 1. The van der Waals surface area contributed by atoms with Gasteiger partial charge in [-0.05, 0) is 31.0 Å². The minimum Gasteiger partial charge on any atom is -0.319 e. The Hall–Kier alpha value is -2.86. The zero-order valence-electron chi connectivity index (χ0n) is 11.6. The molecule has 3 amide bonds. The van der Waals surface area contributed by atoms with Crippen LogP contribution in [0.4, 0.5) is 4.79 Å². The summed E-state index contributed by atoms with van der Waals surface area (Å²) in [4.78, 5) is 25.6. The number of rotatable bonds is 4. The first-order valence-corrected chi connectivity index (χ1v) is 6.54. The summed E-state index contributed by atoms with van der Waals surface area (Å²) in [6.07, 6.45) is 0.754. The van der Waals surface area contributed by atoms with E-state index in [0.717, 1.165) is 4.90 Å². The van der Waals surface area contributed by atoms with Gasteiger partial charge in [-0.15, -0.1) is 0 Å². The Balaban J connectivity index is 2.23. The highest BCUT2D eigenvalue weighted by atomic mass is 16.2. The fourth-order valence-corrected chi connectivity index (χ4v) is 2.29. The van der Waals surface area contributed by atoms with E-state index in [-0.39, 0.29) is 12.5 Å². The molecule has 1 saturated heterocycles. The van der Waals surface area contributed by atoms with Crippen molar-refractivity contribution >= 4 is 11.9 Å². The van der Waals surface area contributed by atoms with E-state index in [0.29, 0.717) is 24.0 Å². The van der Waals surface area contributed by atoms with Gasteiger partial charge in [0.2, 0.25) is 0 Å². The average molecular weight is 282 g/mol. The predicted octanol–water partition coefficient (Wildman–Crippen LogP) is 1.63. The van der Waals surface area contributed by atoms with Crippen molar-refractivity contribution in [2.45, 2.75) is 25.3 Å². The third kappa shape index (κ3) is 2.56. The van der Waals surface area contributed by atoms with Gasteiger partial charge < -0.3 is 5.32 Å². The van der Waals surface area contributed by atoms with Gasteiger partial charge in [0.25, 0.3) is 5.91 Å². The van der Waals surface area contributed by atoms with Gasteiger partial charge in [0.05, 0.1) is 17.7 Å². The number of carbonyl (C=O) groups is 2. The molecule has 0 bridgehead atoms. The van der Waals surface area contributed by atoms with Crippen LogP contribution in [0, 0.1) is 22.7 Å². The Morgan fingerprint density at radius 3 is 2.48 bits per heavy atom. The second-order valence-electron chi connectivity index (χ2n) is 4.96. The van der Waals surface area contributed by atoms with Gasteiger partial charge in [0, 0.05) is 13.0 Å². The summed E-state index contributed by atoms with van der Waals surface area (Å²) >= 11 is 0. The van der Waals surface area contributed by atoms with Gasteiger partial charge >= 0.3 is 6.03 Å². The molecule has 1 aliphatic heterocycles. The van der Waals surface area contributed by atoms with E-state index in [9.17, 15) is 9.59 Å². The SMILES string of the molecule is CC1(c2ccc(C#N)cc2)NC(=O)N(CCCC#N)C1=O. The van der Waals surface area contributed by atoms with E-state index < -0.39 is 11.6 Å². The van der Waals surface area contributed by atoms with E-state index in [1.54, 1.807) is 31.2 Å². The first-order valence-electron chi connectivity index (χ1n) is 6.54. The minimum absolute atomic E-state index is 0.226. The summed E-state index contributed by atoms with van der Waals surface area (Å²) in [5, 5.41) is 20.0. The van der Waals surface area contributed by atoms with E-state index in [1.807, 2.05) is 12.1 Å². The van der Waals surface area contributed by atoms with Crippen molar-refractivity contribution < 1.29 is 9.59 Å². The van der Waals surface area contributed by atoms with Crippen LogP contribution < -0.4 is 5.32 Å². The monoisotopic (exact) mass is 282 g/mol. The first kappa shape index (κ1) is 14.5. The quantitative estimate of drug-likeness (QED) is 0.670. The maximum absolute atomic E-state index is 12.5. The van der Waals surface area contributed by atoms with Gasteiger partial charge in [-0.2, -0.15) is 10.5 Å². The maximum Gasteiger partial charge on any atom is 0.325 e. The number of imide groups is 1. The summed E-state index contributed by atoms with van der Waals surface area (Å²) in [7, 11) is 0. The number of amides is 3. The summed E-state index contributed by atoms with van der Waals surface area (Å²) in [5.41, 5.74) is -0.00909. The zero-order chi connectivity index (χ0) is 15.5. The molecule has 2 rings (SSSR count). The van der Waals surface area contributed by atoms with Gasteiger partial charge in [-0.3, -0.25) is 9.69 Å². The lowest BCUT2D eigenvalue weighted by Crippen LogP contribution is -2.41. The predicted molar refractivity (Wildman–Crippen MR) is 73.6 cm³/mol. The number of urea groups is 1. The van der Waals surface area contributed by atoms with Crippen molar-refractivity contribution in [1.29, 1.82) is 10.5 Å². The largest absolute Gasteiger partial charge is 0.325 e. The number of hydrogen-bond acceptors (Lipinski definition) is 4. The molecule has 106 valence electrons. The molecule has 0 aliphatic carbocycles. The van der Waals surface area contributed by atoms with Crippen LogP contribution in [0.15, 0.2) is 24.3 Å². The summed E-state index contributed by atoms with van der Waals surface area (Å²) < 4.78 is 0. The van der Waals surface area contributed by atoms with Crippen LogP contribution in [0.1, 0.15) is 30.9 Å². The number of nitrogens with one attached hydrogen (secondary N) is 1. The smallest absolute Gasteiger partial charge is 0.319 e. The van der Waals surface area contributed by atoms with Crippen LogP contribution in [0.3, 0.4) is 0 Å². The molecule has 6 heteroatoms. The van der Waals surface area contributed by atoms with Crippen LogP contribution in [0.2, 0.25) is 0 Å². The van der Waals surface area contributed by atoms with E-state index in [1.165, 1.54) is 0 Å². The van der Waals surface area contributed by atoms with Crippen LogP contribution in [0.5, 0.6) is 0 Å². The molecule has 21 heavy (non-hydrogen) atoms. The molecular formula is C15H14N4O2. The number of nitrogens with zero attached hydrogens (tertiary/aromatic N) is 3. The lowest BCUT2D eigenvalue weighted by molar-refractivity contribution is -0.131. The molecule has 1 unspecified atom stereocenters. The highest BCUT2D eigenvalue weighted by Gasteiger charge is 2.48. The summed E-state index contributed by atoms with van der Waals surface area (Å²) in [5.74, 6) is -0.338. The fraction of sp³-hybridized carbons (Fsp3) is 0.333. The normalized spacial score (nSPS) is 20.8. The van der Waals surface area contributed by atoms with Crippen LogP contribution in [-0.4, -0.2) is 23.4 Å². The molecule has 0 radical (unpaired) electrons. The Kier molecular flexibility index (Phi) is 3.91. The van der Waals surface area contributed by atoms with Gasteiger partial charge in [-0.25, -0.2) is 4.79 Å². The number of unbranched alkanes of at least 4 members (excludes halogenated alkanes) is 1. The maximum atomic E-state index is 12.5. The molecule has 0 aromatic heterocycles. The molecule has 1 atom stereocenters. The summed E-state index contributed by atoms with van der Waals surface area (Å²) in [6, 6.07) is 10.1.